The van der Waals surface area contributed by atoms with Gasteiger partial charge in [0.1, 0.15) is 5.78 Å². The first kappa shape index (κ1) is 9.44. The van der Waals surface area contributed by atoms with Gasteiger partial charge in [0.05, 0.1) is 18.4 Å². The van der Waals surface area contributed by atoms with E-state index in [1.165, 1.54) is 18.5 Å². The van der Waals surface area contributed by atoms with Crippen molar-refractivity contribution in [3.63, 3.8) is 0 Å². The van der Waals surface area contributed by atoms with Crippen LogP contribution in [0.5, 0.6) is 0 Å². The number of Topliss-reactive ketones (excluding diaryl/α,β-unsaturated/α-hetero) is 1. The number of nitrogens with zero attached hydrogens (tertiary/aromatic N) is 2. The first-order valence-electron chi connectivity index (χ1n) is 5.22. The number of carbonyl (C=O) groups excluding carboxylic acids is 1. The predicted molar refractivity (Wildman–Crippen MR) is 54.3 cm³/mol. The summed E-state index contributed by atoms with van der Waals surface area (Å²) in [7, 11) is 0. The third kappa shape index (κ3) is 1.59. The number of hydrogen-bond acceptors (Lipinski definition) is 2. The average Bonchev–Trinajstić information content (AvgIpc) is 2.49. The Kier molecular flexibility index (Phi) is 2.40. The molecule has 3 nitrogen and oxygen atoms in total. The molecule has 1 atom stereocenters. The normalized spacial score (nSPS) is 20.6. The Hall–Kier alpha value is -1.12. The van der Waals surface area contributed by atoms with Gasteiger partial charge in [-0.05, 0) is 25.7 Å². The molecule has 0 saturated carbocycles. The number of aromatic nitrogens is 2. The minimum atomic E-state index is 0.198. The third-order valence-corrected chi connectivity index (χ3v) is 2.88. The van der Waals surface area contributed by atoms with Crippen LogP contribution in [0.3, 0.4) is 0 Å². The number of hydrogen-bond donors (Lipinski definition) is 0. The lowest BCUT2D eigenvalue weighted by Crippen LogP contribution is -2.14. The fourth-order valence-corrected chi connectivity index (χ4v) is 2.26. The Labute approximate surface area is 84.1 Å². The second-order valence-electron chi connectivity index (χ2n) is 4.19. The van der Waals surface area contributed by atoms with Crippen LogP contribution >= 0.6 is 0 Å². The molecule has 76 valence electrons. The highest BCUT2D eigenvalue weighted by Crippen LogP contribution is 2.28. The van der Waals surface area contributed by atoms with Crippen LogP contribution in [-0.4, -0.2) is 15.3 Å². The molecule has 0 radical (unpaired) electrons. The Morgan fingerprint density at radius 2 is 2.50 bits per heavy atom. The van der Waals surface area contributed by atoms with Gasteiger partial charge in [0.15, 0.2) is 0 Å². The van der Waals surface area contributed by atoms with Crippen molar-refractivity contribution in [1.29, 1.82) is 0 Å². The van der Waals surface area contributed by atoms with Gasteiger partial charge in [0.2, 0.25) is 0 Å². The lowest BCUT2D eigenvalue weighted by molar-refractivity contribution is -0.116. The molecule has 1 aliphatic rings. The molecular formula is C11H16N2O. The van der Waals surface area contributed by atoms with Gasteiger partial charge in [-0.2, -0.15) is 0 Å². The van der Waals surface area contributed by atoms with E-state index in [1.807, 2.05) is 6.33 Å². The van der Waals surface area contributed by atoms with E-state index in [2.05, 4.69) is 16.5 Å². The zero-order valence-electron chi connectivity index (χ0n) is 8.79. The largest absolute Gasteiger partial charge is 0.334 e. The van der Waals surface area contributed by atoms with E-state index in [1.54, 1.807) is 6.92 Å². The smallest absolute Gasteiger partial charge is 0.135 e. The van der Waals surface area contributed by atoms with Gasteiger partial charge < -0.3 is 4.57 Å². The van der Waals surface area contributed by atoms with Gasteiger partial charge in [-0.15, -0.1) is 0 Å². The standard InChI is InChI=1S/C11H16N2O/c1-8-4-3-5-13-7-12-10(11(8)13)6-9(2)14/h7-8H,3-6H2,1-2H3. The van der Waals surface area contributed by atoms with Crippen molar-refractivity contribution in [2.24, 2.45) is 0 Å². The zero-order valence-corrected chi connectivity index (χ0v) is 8.79. The van der Waals surface area contributed by atoms with Crippen LogP contribution in [0.25, 0.3) is 0 Å². The molecule has 0 amide bonds. The quantitative estimate of drug-likeness (QED) is 0.717. The summed E-state index contributed by atoms with van der Waals surface area (Å²) in [5, 5.41) is 0. The number of fused-ring (bicyclic) bond motifs is 1. The number of aryl methyl sites for hydroxylation is 1. The Bertz CT molecular complexity index is 354. The highest BCUT2D eigenvalue weighted by Gasteiger charge is 2.21. The predicted octanol–water partition coefficient (Wildman–Crippen LogP) is 1.91. The molecule has 0 bridgehead atoms. The second kappa shape index (κ2) is 3.56. The van der Waals surface area contributed by atoms with Crippen LogP contribution in [0, 0.1) is 0 Å². The molecule has 1 unspecified atom stereocenters. The Balaban J connectivity index is 2.33. The first-order valence-corrected chi connectivity index (χ1v) is 5.22. The molecule has 2 heterocycles. The van der Waals surface area contributed by atoms with E-state index < -0.39 is 0 Å². The van der Waals surface area contributed by atoms with Crippen molar-refractivity contribution in [3.05, 3.63) is 17.7 Å². The average molecular weight is 192 g/mol. The van der Waals surface area contributed by atoms with E-state index in [9.17, 15) is 4.79 Å². The van der Waals surface area contributed by atoms with E-state index in [-0.39, 0.29) is 5.78 Å². The molecule has 0 N–H and O–H groups in total. The fourth-order valence-electron chi connectivity index (χ4n) is 2.26. The lowest BCUT2D eigenvalue weighted by atomic mass is 9.95. The first-order chi connectivity index (χ1) is 6.68. The van der Waals surface area contributed by atoms with Gasteiger partial charge in [-0.25, -0.2) is 4.98 Å². The van der Waals surface area contributed by atoms with E-state index in [0.29, 0.717) is 12.3 Å². The molecule has 0 spiro atoms. The van der Waals surface area contributed by atoms with Crippen LogP contribution in [-0.2, 0) is 17.8 Å². The van der Waals surface area contributed by atoms with Crippen molar-refractivity contribution in [1.82, 2.24) is 9.55 Å². The van der Waals surface area contributed by atoms with E-state index >= 15 is 0 Å². The molecule has 0 aromatic carbocycles. The van der Waals surface area contributed by atoms with E-state index in [0.717, 1.165) is 12.2 Å². The van der Waals surface area contributed by atoms with Crippen molar-refractivity contribution in [3.8, 4) is 0 Å². The molecule has 3 heteroatoms. The minimum Gasteiger partial charge on any atom is -0.334 e. The summed E-state index contributed by atoms with van der Waals surface area (Å²) in [4.78, 5) is 15.4. The SMILES string of the molecule is CC(=O)Cc1ncn2c1C(C)CCC2. The van der Waals surface area contributed by atoms with Crippen molar-refractivity contribution in [2.45, 2.75) is 45.6 Å². The van der Waals surface area contributed by atoms with Gasteiger partial charge in [-0.1, -0.05) is 6.92 Å². The summed E-state index contributed by atoms with van der Waals surface area (Å²) >= 11 is 0. The maximum atomic E-state index is 11.1. The topological polar surface area (TPSA) is 34.9 Å². The molecular weight excluding hydrogens is 176 g/mol. The second-order valence-corrected chi connectivity index (χ2v) is 4.19. The molecule has 14 heavy (non-hydrogen) atoms. The van der Waals surface area contributed by atoms with Gasteiger partial charge >= 0.3 is 0 Å². The summed E-state index contributed by atoms with van der Waals surface area (Å²) in [6.45, 7) is 4.90. The van der Waals surface area contributed by atoms with Crippen LogP contribution in [0.15, 0.2) is 6.33 Å². The monoisotopic (exact) mass is 192 g/mol. The molecule has 2 rings (SSSR count). The molecule has 1 aliphatic heterocycles. The molecule has 1 aromatic heterocycles. The van der Waals surface area contributed by atoms with Crippen LogP contribution in [0.2, 0.25) is 0 Å². The van der Waals surface area contributed by atoms with Gasteiger partial charge in [0.25, 0.3) is 0 Å². The van der Waals surface area contributed by atoms with Crippen LogP contribution in [0.1, 0.15) is 44.0 Å². The maximum absolute atomic E-state index is 11.1. The number of rotatable bonds is 2. The summed E-state index contributed by atoms with van der Waals surface area (Å²) < 4.78 is 2.20. The molecule has 0 aliphatic carbocycles. The number of imidazole rings is 1. The van der Waals surface area contributed by atoms with E-state index in [4.69, 9.17) is 0 Å². The summed E-state index contributed by atoms with van der Waals surface area (Å²) in [5.41, 5.74) is 2.27. The van der Waals surface area contributed by atoms with Crippen LogP contribution in [0.4, 0.5) is 0 Å². The van der Waals surface area contributed by atoms with Crippen LogP contribution < -0.4 is 0 Å². The molecule has 0 fully saturated rings. The minimum absolute atomic E-state index is 0.198. The fraction of sp³-hybridized carbons (Fsp3) is 0.636. The van der Waals surface area contributed by atoms with Crippen molar-refractivity contribution < 1.29 is 4.79 Å². The zero-order chi connectivity index (χ0) is 10.1. The Morgan fingerprint density at radius 3 is 3.21 bits per heavy atom. The lowest BCUT2D eigenvalue weighted by Gasteiger charge is -2.21. The van der Waals surface area contributed by atoms with Crippen molar-refractivity contribution in [2.75, 3.05) is 0 Å². The Morgan fingerprint density at radius 1 is 1.71 bits per heavy atom. The highest BCUT2D eigenvalue weighted by molar-refractivity contribution is 5.78. The maximum Gasteiger partial charge on any atom is 0.135 e. The molecule has 0 saturated heterocycles. The van der Waals surface area contributed by atoms with Gasteiger partial charge in [-0.3, -0.25) is 4.79 Å². The third-order valence-electron chi connectivity index (χ3n) is 2.88. The molecule has 1 aromatic rings. The van der Waals surface area contributed by atoms with Gasteiger partial charge in [0, 0.05) is 12.2 Å². The number of ketones is 1. The van der Waals surface area contributed by atoms with Crippen molar-refractivity contribution >= 4 is 5.78 Å². The summed E-state index contributed by atoms with van der Waals surface area (Å²) in [6.07, 6.45) is 4.82. The summed E-state index contributed by atoms with van der Waals surface area (Å²) in [6, 6.07) is 0. The number of carbonyl (C=O) groups is 1. The summed E-state index contributed by atoms with van der Waals surface area (Å²) in [5.74, 6) is 0.755. The highest BCUT2D eigenvalue weighted by atomic mass is 16.1.